The first-order valence-corrected chi connectivity index (χ1v) is 9.41. The molecule has 0 fully saturated rings. The van der Waals surface area contributed by atoms with Crippen molar-refractivity contribution in [2.24, 2.45) is 0 Å². The summed E-state index contributed by atoms with van der Waals surface area (Å²) in [5.41, 5.74) is 0.803. The van der Waals surface area contributed by atoms with E-state index in [0.717, 1.165) is 26.7 Å². The molecule has 0 aliphatic rings. The van der Waals surface area contributed by atoms with E-state index in [1.165, 1.54) is 23.1 Å². The molecule has 0 bridgehead atoms. The molecule has 25 heavy (non-hydrogen) atoms. The number of non-ortho nitro benzene ring substituents is 1. The van der Waals surface area contributed by atoms with Crippen molar-refractivity contribution in [1.29, 1.82) is 0 Å². The van der Waals surface area contributed by atoms with Gasteiger partial charge in [-0.25, -0.2) is 4.98 Å². The van der Waals surface area contributed by atoms with Crippen LogP contribution in [0.5, 0.6) is 0 Å². The first-order chi connectivity index (χ1) is 11.9. The zero-order valence-electron chi connectivity index (χ0n) is 12.4. The van der Waals surface area contributed by atoms with Crippen LogP contribution in [0.4, 0.5) is 11.4 Å². The van der Waals surface area contributed by atoms with Crippen molar-refractivity contribution in [3.05, 3.63) is 56.6 Å². The molecule has 3 aromatic rings. The largest absolute Gasteiger partial charge is 0.323 e. The molecule has 1 N–H and O–H groups in total. The van der Waals surface area contributed by atoms with Crippen molar-refractivity contribution < 1.29 is 9.72 Å². The van der Waals surface area contributed by atoms with Crippen LogP contribution in [0.1, 0.15) is 0 Å². The molecule has 3 rings (SSSR count). The molecule has 10 heteroatoms. The van der Waals surface area contributed by atoms with Crippen molar-refractivity contribution in [3.63, 3.8) is 0 Å². The number of carbonyl (C=O) groups excluding carboxylic acids is 1. The standard InChI is InChI=1S/C15H9Cl2N3O3S2/c16-9-5-8(20(22)23)6-10(17)14(9)19-13(21)7-24-15-18-11-3-1-2-4-12(11)25-15/h1-6H,7H2,(H,19,21). The predicted octanol–water partition coefficient (Wildman–Crippen LogP) is 5.24. The molecule has 0 saturated carbocycles. The van der Waals surface area contributed by atoms with Crippen LogP contribution < -0.4 is 5.32 Å². The van der Waals surface area contributed by atoms with E-state index in [1.54, 1.807) is 0 Å². The van der Waals surface area contributed by atoms with E-state index >= 15 is 0 Å². The minimum atomic E-state index is -0.605. The lowest BCUT2D eigenvalue weighted by molar-refractivity contribution is -0.384. The number of nitro benzene ring substituents is 1. The molecule has 1 amide bonds. The Morgan fingerprint density at radius 3 is 2.60 bits per heavy atom. The van der Waals surface area contributed by atoms with Gasteiger partial charge in [0.05, 0.1) is 36.6 Å². The van der Waals surface area contributed by atoms with Gasteiger partial charge in [0.2, 0.25) is 5.91 Å². The van der Waals surface area contributed by atoms with Gasteiger partial charge in [0.25, 0.3) is 5.69 Å². The third-order valence-electron chi connectivity index (χ3n) is 3.10. The van der Waals surface area contributed by atoms with Crippen molar-refractivity contribution in [2.75, 3.05) is 11.1 Å². The van der Waals surface area contributed by atoms with Gasteiger partial charge in [-0.3, -0.25) is 14.9 Å². The van der Waals surface area contributed by atoms with Crippen molar-refractivity contribution in [3.8, 4) is 0 Å². The lowest BCUT2D eigenvalue weighted by Crippen LogP contribution is -2.14. The number of nitrogens with one attached hydrogen (secondary N) is 1. The number of amides is 1. The number of thiazole rings is 1. The minimum Gasteiger partial charge on any atom is -0.323 e. The minimum absolute atomic E-state index is 0.0116. The second-order valence-corrected chi connectivity index (χ2v) is 7.89. The topological polar surface area (TPSA) is 85.1 Å². The van der Waals surface area contributed by atoms with Gasteiger partial charge in [-0.1, -0.05) is 47.1 Å². The van der Waals surface area contributed by atoms with Gasteiger partial charge in [0.1, 0.15) is 0 Å². The quantitative estimate of drug-likeness (QED) is 0.351. The summed E-state index contributed by atoms with van der Waals surface area (Å²) in [6.07, 6.45) is 0. The Morgan fingerprint density at radius 2 is 1.96 bits per heavy atom. The van der Waals surface area contributed by atoms with Crippen LogP contribution in [-0.4, -0.2) is 21.6 Å². The average Bonchev–Trinajstić information content (AvgIpc) is 2.99. The molecule has 0 saturated heterocycles. The van der Waals surface area contributed by atoms with Crippen LogP contribution in [0.15, 0.2) is 40.7 Å². The number of aromatic nitrogens is 1. The van der Waals surface area contributed by atoms with E-state index in [2.05, 4.69) is 10.3 Å². The van der Waals surface area contributed by atoms with Crippen LogP contribution in [-0.2, 0) is 4.79 Å². The molecule has 1 heterocycles. The Balaban J connectivity index is 1.67. The molecule has 0 aliphatic heterocycles. The summed E-state index contributed by atoms with van der Waals surface area (Å²) in [4.78, 5) is 26.7. The number of fused-ring (bicyclic) bond motifs is 1. The van der Waals surface area contributed by atoms with Crippen LogP contribution in [0.3, 0.4) is 0 Å². The SMILES string of the molecule is O=C(CSc1nc2ccccc2s1)Nc1c(Cl)cc([N+](=O)[O-])cc1Cl. The highest BCUT2D eigenvalue weighted by Gasteiger charge is 2.17. The Bertz CT molecular complexity index is 922. The van der Waals surface area contributed by atoms with Gasteiger partial charge in [-0.15, -0.1) is 11.3 Å². The molecule has 0 radical (unpaired) electrons. The number of nitro groups is 1. The fourth-order valence-electron chi connectivity index (χ4n) is 2.00. The summed E-state index contributed by atoms with van der Waals surface area (Å²) in [5.74, 6) is -0.217. The third-order valence-corrected chi connectivity index (χ3v) is 5.88. The van der Waals surface area contributed by atoms with Gasteiger partial charge in [0.15, 0.2) is 4.34 Å². The third kappa shape index (κ3) is 4.21. The summed E-state index contributed by atoms with van der Waals surface area (Å²) in [6, 6.07) is 10.00. The Kier molecular flexibility index (Phi) is 5.43. The van der Waals surface area contributed by atoms with E-state index in [-0.39, 0.29) is 33.1 Å². The number of para-hydroxylation sites is 1. The maximum absolute atomic E-state index is 12.1. The normalized spacial score (nSPS) is 10.8. The van der Waals surface area contributed by atoms with Gasteiger partial charge in [-0.2, -0.15) is 0 Å². The van der Waals surface area contributed by atoms with Crippen molar-refractivity contribution in [2.45, 2.75) is 4.34 Å². The molecule has 1 aromatic heterocycles. The number of nitrogens with zero attached hydrogens (tertiary/aromatic N) is 2. The van der Waals surface area contributed by atoms with E-state index < -0.39 is 4.92 Å². The van der Waals surface area contributed by atoms with Gasteiger partial charge < -0.3 is 5.32 Å². The van der Waals surface area contributed by atoms with Crippen LogP contribution >= 0.6 is 46.3 Å². The number of benzene rings is 2. The van der Waals surface area contributed by atoms with E-state index in [9.17, 15) is 14.9 Å². The maximum atomic E-state index is 12.1. The van der Waals surface area contributed by atoms with Crippen LogP contribution in [0.2, 0.25) is 10.0 Å². The molecular weight excluding hydrogens is 405 g/mol. The summed E-state index contributed by atoms with van der Waals surface area (Å²) >= 11 is 14.7. The lowest BCUT2D eigenvalue weighted by atomic mass is 10.3. The number of thioether (sulfide) groups is 1. The average molecular weight is 414 g/mol. The Hall–Kier alpha value is -1.87. The van der Waals surface area contributed by atoms with E-state index in [0.29, 0.717) is 0 Å². The van der Waals surface area contributed by atoms with Gasteiger partial charge in [0, 0.05) is 12.1 Å². The molecular formula is C15H9Cl2N3O3S2. The lowest BCUT2D eigenvalue weighted by Gasteiger charge is -2.08. The highest BCUT2D eigenvalue weighted by Crippen LogP contribution is 2.35. The predicted molar refractivity (Wildman–Crippen MR) is 102 cm³/mol. The smallest absolute Gasteiger partial charge is 0.272 e. The monoisotopic (exact) mass is 413 g/mol. The first-order valence-electron chi connectivity index (χ1n) is 6.85. The molecule has 128 valence electrons. The van der Waals surface area contributed by atoms with E-state index in [1.807, 2.05) is 24.3 Å². The molecule has 0 unspecified atom stereocenters. The summed E-state index contributed by atoms with van der Waals surface area (Å²) in [6.45, 7) is 0. The van der Waals surface area contributed by atoms with Crippen LogP contribution in [0.25, 0.3) is 10.2 Å². The zero-order chi connectivity index (χ0) is 18.0. The molecule has 0 spiro atoms. The number of rotatable bonds is 5. The summed E-state index contributed by atoms with van der Waals surface area (Å²) < 4.78 is 1.82. The highest BCUT2D eigenvalue weighted by atomic mass is 35.5. The van der Waals surface area contributed by atoms with Crippen molar-refractivity contribution in [1.82, 2.24) is 4.98 Å². The fraction of sp³-hybridized carbons (Fsp3) is 0.0667. The fourth-order valence-corrected chi connectivity index (χ4v) is 4.44. The molecule has 6 nitrogen and oxygen atoms in total. The molecule has 0 aliphatic carbocycles. The highest BCUT2D eigenvalue weighted by molar-refractivity contribution is 8.01. The van der Waals surface area contributed by atoms with Gasteiger partial charge >= 0.3 is 0 Å². The number of carbonyl (C=O) groups is 1. The molecule has 2 aromatic carbocycles. The number of anilines is 1. The summed E-state index contributed by atoms with van der Waals surface area (Å²) in [7, 11) is 0. The first kappa shape index (κ1) is 17.9. The van der Waals surface area contributed by atoms with Gasteiger partial charge in [-0.05, 0) is 12.1 Å². The number of halogens is 2. The second kappa shape index (κ2) is 7.57. The Morgan fingerprint density at radius 1 is 1.28 bits per heavy atom. The Labute approximate surface area is 160 Å². The molecule has 0 atom stereocenters. The van der Waals surface area contributed by atoms with E-state index in [4.69, 9.17) is 23.2 Å². The summed E-state index contributed by atoms with van der Waals surface area (Å²) in [5, 5.41) is 13.4. The number of hydrogen-bond donors (Lipinski definition) is 1. The zero-order valence-corrected chi connectivity index (χ0v) is 15.5. The van der Waals surface area contributed by atoms with Crippen LogP contribution in [0, 0.1) is 10.1 Å². The second-order valence-electron chi connectivity index (χ2n) is 4.83. The maximum Gasteiger partial charge on any atom is 0.272 e. The number of hydrogen-bond acceptors (Lipinski definition) is 6. The van der Waals surface area contributed by atoms with Crippen molar-refractivity contribution >= 4 is 73.8 Å².